The van der Waals surface area contributed by atoms with Gasteiger partial charge in [0.1, 0.15) is 0 Å². The summed E-state index contributed by atoms with van der Waals surface area (Å²) in [7, 11) is 0. The van der Waals surface area contributed by atoms with Crippen LogP contribution in [0.25, 0.3) is 0 Å². The first kappa shape index (κ1) is 11.3. The molecule has 0 amide bonds. The van der Waals surface area contributed by atoms with Crippen molar-refractivity contribution in [2.24, 2.45) is 0 Å². The van der Waals surface area contributed by atoms with Crippen molar-refractivity contribution in [2.45, 2.75) is 44.7 Å². The SMILES string of the molecule is CSCNC(C)(C)CC1CCCN1. The highest BCUT2D eigenvalue weighted by Crippen LogP contribution is 2.18. The van der Waals surface area contributed by atoms with Crippen molar-refractivity contribution in [2.75, 3.05) is 18.7 Å². The molecule has 1 aliphatic rings. The summed E-state index contributed by atoms with van der Waals surface area (Å²) < 4.78 is 0. The molecule has 2 N–H and O–H groups in total. The standard InChI is InChI=1S/C10H22N2S/c1-10(2,12-8-13-3)7-9-5-4-6-11-9/h9,11-12H,4-8H2,1-3H3. The summed E-state index contributed by atoms with van der Waals surface area (Å²) in [6.07, 6.45) is 6.08. The van der Waals surface area contributed by atoms with Crippen LogP contribution in [0.3, 0.4) is 0 Å². The van der Waals surface area contributed by atoms with E-state index in [4.69, 9.17) is 0 Å². The summed E-state index contributed by atoms with van der Waals surface area (Å²) in [5.74, 6) is 1.06. The maximum Gasteiger partial charge on any atom is 0.0419 e. The van der Waals surface area contributed by atoms with Gasteiger partial charge in [0.05, 0.1) is 0 Å². The fourth-order valence-corrected chi connectivity index (χ4v) is 2.42. The van der Waals surface area contributed by atoms with Gasteiger partial charge in [-0.25, -0.2) is 0 Å². The maximum atomic E-state index is 3.56. The molecule has 1 saturated heterocycles. The molecule has 1 unspecified atom stereocenters. The minimum atomic E-state index is 0.283. The van der Waals surface area contributed by atoms with Gasteiger partial charge < -0.3 is 10.6 Å². The predicted octanol–water partition coefficient (Wildman–Crippen LogP) is 1.82. The Hall–Kier alpha value is 0.270. The third-order valence-corrected chi connectivity index (χ3v) is 3.05. The Morgan fingerprint density at radius 3 is 2.85 bits per heavy atom. The van der Waals surface area contributed by atoms with Gasteiger partial charge in [-0.1, -0.05) is 0 Å². The second-order valence-electron chi connectivity index (χ2n) is 4.49. The lowest BCUT2D eigenvalue weighted by molar-refractivity contribution is 0.340. The van der Waals surface area contributed by atoms with Gasteiger partial charge in [0, 0.05) is 17.5 Å². The highest BCUT2D eigenvalue weighted by Gasteiger charge is 2.24. The molecule has 2 nitrogen and oxygen atoms in total. The molecule has 13 heavy (non-hydrogen) atoms. The number of thioether (sulfide) groups is 1. The van der Waals surface area contributed by atoms with E-state index in [0.29, 0.717) is 0 Å². The topological polar surface area (TPSA) is 24.1 Å². The van der Waals surface area contributed by atoms with Gasteiger partial charge in [0.25, 0.3) is 0 Å². The molecule has 0 bridgehead atoms. The molecule has 0 saturated carbocycles. The van der Waals surface area contributed by atoms with Crippen LogP contribution in [0.4, 0.5) is 0 Å². The largest absolute Gasteiger partial charge is 0.314 e. The summed E-state index contributed by atoms with van der Waals surface area (Å²) in [4.78, 5) is 0. The quantitative estimate of drug-likeness (QED) is 0.665. The Labute approximate surface area is 86.2 Å². The lowest BCUT2D eigenvalue weighted by atomic mass is 9.95. The zero-order valence-electron chi connectivity index (χ0n) is 9.02. The van der Waals surface area contributed by atoms with Gasteiger partial charge in [-0.3, -0.25) is 0 Å². The summed E-state index contributed by atoms with van der Waals surface area (Å²) in [6, 6.07) is 0.740. The molecule has 0 aromatic rings. The first-order chi connectivity index (χ1) is 6.14. The highest BCUT2D eigenvalue weighted by molar-refractivity contribution is 7.98. The maximum absolute atomic E-state index is 3.56. The van der Waals surface area contributed by atoms with Crippen LogP contribution < -0.4 is 10.6 Å². The summed E-state index contributed by atoms with van der Waals surface area (Å²) in [5.41, 5.74) is 0.283. The van der Waals surface area contributed by atoms with E-state index in [-0.39, 0.29) is 5.54 Å². The van der Waals surface area contributed by atoms with Crippen molar-refractivity contribution in [3.63, 3.8) is 0 Å². The van der Waals surface area contributed by atoms with Crippen molar-refractivity contribution in [3.8, 4) is 0 Å². The average Bonchev–Trinajstić information content (AvgIpc) is 2.52. The van der Waals surface area contributed by atoms with Gasteiger partial charge in [-0.05, 0) is 45.9 Å². The van der Waals surface area contributed by atoms with Crippen LogP contribution in [-0.4, -0.2) is 30.3 Å². The van der Waals surface area contributed by atoms with E-state index in [0.717, 1.165) is 11.9 Å². The molecule has 1 aliphatic heterocycles. The van der Waals surface area contributed by atoms with Crippen LogP contribution in [-0.2, 0) is 0 Å². The van der Waals surface area contributed by atoms with Crippen molar-refractivity contribution >= 4 is 11.8 Å². The Bertz CT molecular complexity index is 142. The molecular formula is C10H22N2S. The first-order valence-electron chi connectivity index (χ1n) is 5.11. The van der Waals surface area contributed by atoms with Gasteiger partial charge in [0.15, 0.2) is 0 Å². The van der Waals surface area contributed by atoms with Crippen LogP contribution in [0.2, 0.25) is 0 Å². The third kappa shape index (κ3) is 4.34. The molecule has 3 heteroatoms. The van der Waals surface area contributed by atoms with E-state index in [1.807, 2.05) is 11.8 Å². The van der Waals surface area contributed by atoms with Gasteiger partial charge in [0.2, 0.25) is 0 Å². The van der Waals surface area contributed by atoms with E-state index in [1.165, 1.54) is 25.8 Å². The second-order valence-corrected chi connectivity index (χ2v) is 5.36. The monoisotopic (exact) mass is 202 g/mol. The average molecular weight is 202 g/mol. The van der Waals surface area contributed by atoms with E-state index < -0.39 is 0 Å². The van der Waals surface area contributed by atoms with Crippen molar-refractivity contribution < 1.29 is 0 Å². The van der Waals surface area contributed by atoms with Gasteiger partial charge >= 0.3 is 0 Å². The minimum absolute atomic E-state index is 0.283. The lowest BCUT2D eigenvalue weighted by Gasteiger charge is -2.29. The van der Waals surface area contributed by atoms with Crippen molar-refractivity contribution in [1.29, 1.82) is 0 Å². The third-order valence-electron chi connectivity index (χ3n) is 2.61. The summed E-state index contributed by atoms with van der Waals surface area (Å²) >= 11 is 1.85. The van der Waals surface area contributed by atoms with Crippen LogP contribution >= 0.6 is 11.8 Å². The Morgan fingerprint density at radius 2 is 2.31 bits per heavy atom. The Balaban J connectivity index is 2.23. The van der Waals surface area contributed by atoms with E-state index in [1.54, 1.807) is 0 Å². The Morgan fingerprint density at radius 1 is 1.54 bits per heavy atom. The summed E-state index contributed by atoms with van der Waals surface area (Å²) in [6.45, 7) is 5.80. The van der Waals surface area contributed by atoms with Crippen LogP contribution in [0.15, 0.2) is 0 Å². The lowest BCUT2D eigenvalue weighted by Crippen LogP contribution is -2.43. The molecule has 0 aromatic carbocycles. The molecule has 1 heterocycles. The van der Waals surface area contributed by atoms with Crippen molar-refractivity contribution in [3.05, 3.63) is 0 Å². The number of hydrogen-bond acceptors (Lipinski definition) is 3. The molecule has 78 valence electrons. The Kier molecular flexibility index (Phi) is 4.56. The molecule has 0 spiro atoms. The highest BCUT2D eigenvalue weighted by atomic mass is 32.2. The molecule has 0 aromatic heterocycles. The van der Waals surface area contributed by atoms with Crippen LogP contribution in [0.1, 0.15) is 33.1 Å². The molecular weight excluding hydrogens is 180 g/mol. The van der Waals surface area contributed by atoms with E-state index in [2.05, 4.69) is 30.7 Å². The predicted molar refractivity (Wildman–Crippen MR) is 61.2 cm³/mol. The molecule has 0 aliphatic carbocycles. The fourth-order valence-electron chi connectivity index (χ4n) is 1.89. The van der Waals surface area contributed by atoms with Gasteiger partial charge in [-0.15, -0.1) is 11.8 Å². The molecule has 1 rings (SSSR count). The fraction of sp³-hybridized carbons (Fsp3) is 1.00. The minimum Gasteiger partial charge on any atom is -0.314 e. The smallest absolute Gasteiger partial charge is 0.0419 e. The normalized spacial score (nSPS) is 23.8. The first-order valence-corrected chi connectivity index (χ1v) is 6.51. The van der Waals surface area contributed by atoms with Crippen LogP contribution in [0.5, 0.6) is 0 Å². The molecule has 0 radical (unpaired) electrons. The van der Waals surface area contributed by atoms with E-state index >= 15 is 0 Å². The summed E-state index contributed by atoms with van der Waals surface area (Å²) in [5, 5.41) is 7.10. The van der Waals surface area contributed by atoms with Crippen LogP contribution in [0, 0.1) is 0 Å². The zero-order chi connectivity index (χ0) is 9.73. The second kappa shape index (κ2) is 5.23. The van der Waals surface area contributed by atoms with Crippen molar-refractivity contribution in [1.82, 2.24) is 10.6 Å². The van der Waals surface area contributed by atoms with E-state index in [9.17, 15) is 0 Å². The van der Waals surface area contributed by atoms with Gasteiger partial charge in [-0.2, -0.15) is 0 Å². The number of rotatable bonds is 5. The molecule has 1 atom stereocenters. The molecule has 1 fully saturated rings. The number of nitrogens with one attached hydrogen (secondary N) is 2. The number of hydrogen-bond donors (Lipinski definition) is 2. The zero-order valence-corrected chi connectivity index (χ0v) is 9.84.